The van der Waals surface area contributed by atoms with E-state index in [1.165, 1.54) is 18.2 Å². The largest absolute Gasteiger partial charge is 0.488 e. The number of benzene rings is 1. The first kappa shape index (κ1) is 14.6. The van der Waals surface area contributed by atoms with Crippen molar-refractivity contribution in [2.75, 3.05) is 19.8 Å². The summed E-state index contributed by atoms with van der Waals surface area (Å²) >= 11 is 6.07. The van der Waals surface area contributed by atoms with E-state index < -0.39 is 4.92 Å². The third kappa shape index (κ3) is 3.12. The van der Waals surface area contributed by atoms with Crippen LogP contribution in [0.5, 0.6) is 5.75 Å². The Kier molecular flexibility index (Phi) is 4.01. The second-order valence-corrected chi connectivity index (χ2v) is 5.85. The molecule has 0 bridgehead atoms. The normalized spacial score (nSPS) is 28.7. The van der Waals surface area contributed by atoms with Crippen LogP contribution in [0, 0.1) is 10.1 Å². The van der Waals surface area contributed by atoms with Crippen molar-refractivity contribution in [1.29, 1.82) is 0 Å². The van der Waals surface area contributed by atoms with E-state index in [2.05, 4.69) is 0 Å². The summed E-state index contributed by atoms with van der Waals surface area (Å²) in [6, 6.07) is 4.23. The molecule has 2 aliphatic rings. The Bertz CT molecular complexity index is 544. The van der Waals surface area contributed by atoms with Crippen LogP contribution >= 0.6 is 11.6 Å². The fourth-order valence-corrected chi connectivity index (χ4v) is 2.98. The first-order valence-electron chi connectivity index (χ1n) is 6.90. The number of non-ortho nitro benzene ring substituents is 1. The Morgan fingerprint density at radius 2 is 2.29 bits per heavy atom. The quantitative estimate of drug-likeness (QED) is 0.633. The summed E-state index contributed by atoms with van der Waals surface area (Å²) in [4.78, 5) is 10.4. The molecule has 2 saturated heterocycles. The summed E-state index contributed by atoms with van der Waals surface area (Å²) < 4.78 is 17.1. The molecule has 114 valence electrons. The van der Waals surface area contributed by atoms with Crippen molar-refractivity contribution in [3.63, 3.8) is 0 Å². The van der Waals surface area contributed by atoms with Crippen molar-refractivity contribution < 1.29 is 19.1 Å². The maximum absolute atomic E-state index is 10.8. The minimum atomic E-state index is -0.459. The molecule has 0 aromatic heterocycles. The third-order valence-electron chi connectivity index (χ3n) is 3.93. The predicted octanol–water partition coefficient (Wildman–Crippen LogP) is 2.97. The topological polar surface area (TPSA) is 70.8 Å². The zero-order valence-electron chi connectivity index (χ0n) is 11.4. The third-order valence-corrected chi connectivity index (χ3v) is 4.25. The van der Waals surface area contributed by atoms with Crippen LogP contribution in [-0.2, 0) is 9.47 Å². The summed E-state index contributed by atoms with van der Waals surface area (Å²) in [5.41, 5.74) is -0.295. The highest BCUT2D eigenvalue weighted by Gasteiger charge is 2.42. The van der Waals surface area contributed by atoms with Crippen molar-refractivity contribution in [2.24, 2.45) is 0 Å². The lowest BCUT2D eigenvalue weighted by Crippen LogP contribution is -2.44. The molecule has 2 aliphatic heterocycles. The van der Waals surface area contributed by atoms with Crippen LogP contribution in [0.4, 0.5) is 5.69 Å². The molecule has 21 heavy (non-hydrogen) atoms. The molecule has 0 aliphatic carbocycles. The number of nitrogens with zero attached hydrogens (tertiary/aromatic N) is 1. The zero-order chi connectivity index (χ0) is 14.9. The molecule has 0 saturated carbocycles. The Labute approximate surface area is 127 Å². The van der Waals surface area contributed by atoms with Gasteiger partial charge in [-0.3, -0.25) is 10.1 Å². The van der Waals surface area contributed by atoms with E-state index in [4.69, 9.17) is 25.8 Å². The van der Waals surface area contributed by atoms with Gasteiger partial charge in [0.2, 0.25) is 0 Å². The average molecular weight is 314 g/mol. The molecule has 1 spiro atoms. The van der Waals surface area contributed by atoms with E-state index in [9.17, 15) is 10.1 Å². The van der Waals surface area contributed by atoms with Crippen molar-refractivity contribution in [3.05, 3.63) is 33.3 Å². The SMILES string of the molecule is O=[N+]([O-])c1ccc(Cl)c(OC2CCOC3(CCOC3)C2)c1. The molecule has 0 amide bonds. The van der Waals surface area contributed by atoms with E-state index in [0.717, 1.165) is 12.8 Å². The number of hydrogen-bond acceptors (Lipinski definition) is 5. The number of hydrogen-bond donors (Lipinski definition) is 0. The maximum atomic E-state index is 10.8. The van der Waals surface area contributed by atoms with Gasteiger partial charge in [0.15, 0.2) is 0 Å². The Morgan fingerprint density at radius 3 is 3.00 bits per heavy atom. The van der Waals surface area contributed by atoms with E-state index in [1.54, 1.807) is 0 Å². The van der Waals surface area contributed by atoms with Crippen LogP contribution in [0.3, 0.4) is 0 Å². The van der Waals surface area contributed by atoms with Crippen molar-refractivity contribution in [2.45, 2.75) is 31.0 Å². The molecular formula is C14H16ClNO5. The molecule has 0 N–H and O–H groups in total. The summed E-state index contributed by atoms with van der Waals surface area (Å²) in [5, 5.41) is 11.2. The van der Waals surface area contributed by atoms with Crippen LogP contribution < -0.4 is 4.74 Å². The number of halogens is 1. The summed E-state index contributed by atoms with van der Waals surface area (Å²) in [5.74, 6) is 0.354. The van der Waals surface area contributed by atoms with Gasteiger partial charge in [-0.1, -0.05) is 11.6 Å². The van der Waals surface area contributed by atoms with Gasteiger partial charge in [0.05, 0.1) is 34.8 Å². The van der Waals surface area contributed by atoms with Gasteiger partial charge in [-0.15, -0.1) is 0 Å². The maximum Gasteiger partial charge on any atom is 0.273 e. The highest BCUT2D eigenvalue weighted by molar-refractivity contribution is 6.32. The standard InChI is InChI=1S/C14H16ClNO5/c15-12-2-1-10(16(17)18)7-13(12)21-11-3-5-20-14(8-11)4-6-19-9-14/h1-2,7,11H,3-6,8-9H2. The van der Waals surface area contributed by atoms with Crippen LogP contribution in [0.2, 0.25) is 5.02 Å². The van der Waals surface area contributed by atoms with Crippen LogP contribution in [0.25, 0.3) is 0 Å². The molecule has 1 aromatic rings. The number of nitro groups is 1. The average Bonchev–Trinajstić information content (AvgIpc) is 2.89. The van der Waals surface area contributed by atoms with E-state index in [0.29, 0.717) is 37.0 Å². The van der Waals surface area contributed by atoms with Crippen molar-refractivity contribution in [1.82, 2.24) is 0 Å². The van der Waals surface area contributed by atoms with Gasteiger partial charge in [-0.05, 0) is 6.07 Å². The highest BCUT2D eigenvalue weighted by atomic mass is 35.5. The Morgan fingerprint density at radius 1 is 1.43 bits per heavy atom. The molecule has 1 aromatic carbocycles. The number of rotatable bonds is 3. The van der Waals surface area contributed by atoms with Crippen LogP contribution in [-0.4, -0.2) is 36.4 Å². The van der Waals surface area contributed by atoms with E-state index in [1.807, 2.05) is 0 Å². The number of nitro benzene ring substituents is 1. The van der Waals surface area contributed by atoms with Gasteiger partial charge in [0, 0.05) is 31.9 Å². The van der Waals surface area contributed by atoms with Gasteiger partial charge >= 0.3 is 0 Å². The summed E-state index contributed by atoms with van der Waals surface area (Å²) in [6.07, 6.45) is 2.24. The zero-order valence-corrected chi connectivity index (χ0v) is 12.2. The molecule has 0 radical (unpaired) electrons. The summed E-state index contributed by atoms with van der Waals surface area (Å²) in [6.45, 7) is 1.88. The van der Waals surface area contributed by atoms with Gasteiger partial charge in [-0.25, -0.2) is 0 Å². The van der Waals surface area contributed by atoms with Gasteiger partial charge in [0.1, 0.15) is 11.9 Å². The molecular weight excluding hydrogens is 298 g/mol. The fourth-order valence-electron chi connectivity index (χ4n) is 2.82. The lowest BCUT2D eigenvalue weighted by Gasteiger charge is -2.37. The van der Waals surface area contributed by atoms with Crippen molar-refractivity contribution in [3.8, 4) is 5.75 Å². The highest BCUT2D eigenvalue weighted by Crippen LogP contribution is 2.36. The molecule has 2 fully saturated rings. The summed E-state index contributed by atoms with van der Waals surface area (Å²) in [7, 11) is 0. The molecule has 2 atom stereocenters. The lowest BCUT2D eigenvalue weighted by molar-refractivity contribution is -0.385. The van der Waals surface area contributed by atoms with Gasteiger partial charge in [-0.2, -0.15) is 0 Å². The molecule has 3 rings (SSSR count). The Hall–Kier alpha value is -1.37. The molecule has 7 heteroatoms. The van der Waals surface area contributed by atoms with Crippen LogP contribution in [0.1, 0.15) is 19.3 Å². The molecule has 2 unspecified atom stereocenters. The molecule has 2 heterocycles. The predicted molar refractivity (Wildman–Crippen MR) is 75.9 cm³/mol. The first-order chi connectivity index (χ1) is 10.1. The number of ether oxygens (including phenoxy) is 3. The van der Waals surface area contributed by atoms with E-state index >= 15 is 0 Å². The monoisotopic (exact) mass is 313 g/mol. The minimum Gasteiger partial charge on any atom is -0.488 e. The fraction of sp³-hybridized carbons (Fsp3) is 0.571. The Balaban J connectivity index is 1.74. The minimum absolute atomic E-state index is 0.0274. The van der Waals surface area contributed by atoms with Crippen LogP contribution in [0.15, 0.2) is 18.2 Å². The molecule has 6 nitrogen and oxygen atoms in total. The second-order valence-electron chi connectivity index (χ2n) is 5.44. The lowest BCUT2D eigenvalue weighted by atomic mass is 9.91. The van der Waals surface area contributed by atoms with Crippen molar-refractivity contribution >= 4 is 17.3 Å². The first-order valence-corrected chi connectivity index (χ1v) is 7.28. The smallest absolute Gasteiger partial charge is 0.273 e. The van der Waals surface area contributed by atoms with Gasteiger partial charge in [0.25, 0.3) is 5.69 Å². The van der Waals surface area contributed by atoms with E-state index in [-0.39, 0.29) is 17.4 Å². The second kappa shape index (κ2) is 5.79. The van der Waals surface area contributed by atoms with Gasteiger partial charge < -0.3 is 14.2 Å².